The Hall–Kier alpha value is -3.02. The lowest BCUT2D eigenvalue weighted by Gasteiger charge is -2.08. The summed E-state index contributed by atoms with van der Waals surface area (Å²) < 4.78 is 14.0. The van der Waals surface area contributed by atoms with Gasteiger partial charge in [-0.3, -0.25) is 4.79 Å². The molecule has 3 rings (SSSR count). The Kier molecular flexibility index (Phi) is 4.14. The van der Waals surface area contributed by atoms with E-state index >= 15 is 0 Å². The monoisotopic (exact) mass is 310 g/mol. The van der Waals surface area contributed by atoms with Crippen LogP contribution in [0.1, 0.15) is 12.0 Å². The smallest absolute Gasteiger partial charge is 0.256 e. The molecule has 0 aliphatic carbocycles. The molecular formula is C17H15FN4O. The fourth-order valence-electron chi connectivity index (χ4n) is 2.22. The lowest BCUT2D eigenvalue weighted by molar-refractivity contribution is -0.117. The number of hydrogen-bond acceptors (Lipinski definition) is 4. The number of carbonyl (C=O) groups excluding carboxylic acids is 1. The summed E-state index contributed by atoms with van der Waals surface area (Å²) in [6, 6.07) is 14.4. The molecule has 0 aliphatic rings. The summed E-state index contributed by atoms with van der Waals surface area (Å²) in [6.07, 6.45) is 0.886. The third-order valence-electron chi connectivity index (χ3n) is 3.40. The highest BCUT2D eigenvalue weighted by Gasteiger charge is 2.08. The number of nitrogens with two attached hydrogens (primary N) is 1. The van der Waals surface area contributed by atoms with Crippen molar-refractivity contribution in [2.45, 2.75) is 12.8 Å². The first kappa shape index (κ1) is 14.9. The normalized spacial score (nSPS) is 10.7. The average molecular weight is 310 g/mol. The summed E-state index contributed by atoms with van der Waals surface area (Å²) in [7, 11) is 0. The van der Waals surface area contributed by atoms with E-state index in [0.717, 1.165) is 5.56 Å². The van der Waals surface area contributed by atoms with Crippen molar-refractivity contribution < 1.29 is 9.18 Å². The number of amides is 1. The maximum Gasteiger partial charge on any atom is 0.256 e. The molecule has 0 saturated carbocycles. The van der Waals surface area contributed by atoms with Gasteiger partial charge in [0.05, 0.1) is 11.0 Å². The molecule has 0 bridgehead atoms. The molecule has 1 aromatic heterocycles. The van der Waals surface area contributed by atoms with Crippen LogP contribution < -0.4 is 11.1 Å². The van der Waals surface area contributed by atoms with E-state index in [1.165, 1.54) is 0 Å². The Morgan fingerprint density at radius 1 is 1.04 bits per heavy atom. The van der Waals surface area contributed by atoms with Crippen LogP contribution in [0.15, 0.2) is 48.5 Å². The molecule has 1 heterocycles. The minimum absolute atomic E-state index is 0.0774. The number of halogens is 1. The Labute approximate surface area is 132 Å². The maximum absolute atomic E-state index is 14.0. The van der Waals surface area contributed by atoms with Crippen molar-refractivity contribution >= 4 is 28.4 Å². The van der Waals surface area contributed by atoms with Gasteiger partial charge in [0, 0.05) is 12.1 Å². The van der Waals surface area contributed by atoms with Gasteiger partial charge >= 0.3 is 0 Å². The van der Waals surface area contributed by atoms with E-state index in [-0.39, 0.29) is 11.7 Å². The standard InChI is InChI=1S/C17H15FN4O/c18-16-17(22-14-4-2-1-3-13(14)21-16)20-12-8-5-11(6-9-12)7-10-15(19)23/h1-6,8-9H,7,10H2,(H2,19,23)(H,20,22). The molecule has 23 heavy (non-hydrogen) atoms. The summed E-state index contributed by atoms with van der Waals surface area (Å²) in [5, 5.41) is 2.92. The zero-order chi connectivity index (χ0) is 16.2. The Morgan fingerprint density at radius 2 is 1.70 bits per heavy atom. The number of rotatable bonds is 5. The molecule has 1 amide bonds. The van der Waals surface area contributed by atoms with E-state index in [2.05, 4.69) is 15.3 Å². The van der Waals surface area contributed by atoms with Gasteiger partial charge in [-0.2, -0.15) is 4.39 Å². The number of carbonyl (C=O) groups is 1. The number of primary amides is 1. The number of para-hydroxylation sites is 2. The van der Waals surface area contributed by atoms with Gasteiger partial charge in [0.1, 0.15) is 0 Å². The highest BCUT2D eigenvalue weighted by molar-refractivity contribution is 5.76. The fraction of sp³-hybridized carbons (Fsp3) is 0.118. The van der Waals surface area contributed by atoms with Gasteiger partial charge in [-0.1, -0.05) is 24.3 Å². The van der Waals surface area contributed by atoms with Crippen molar-refractivity contribution in [3.05, 3.63) is 60.0 Å². The molecule has 0 aliphatic heterocycles. The van der Waals surface area contributed by atoms with Crippen LogP contribution in [0.3, 0.4) is 0 Å². The quantitative estimate of drug-likeness (QED) is 0.759. The van der Waals surface area contributed by atoms with Crippen molar-refractivity contribution in [1.29, 1.82) is 0 Å². The highest BCUT2D eigenvalue weighted by atomic mass is 19.1. The molecule has 0 unspecified atom stereocenters. The van der Waals surface area contributed by atoms with E-state index in [0.29, 0.717) is 29.6 Å². The fourth-order valence-corrected chi connectivity index (χ4v) is 2.22. The lowest BCUT2D eigenvalue weighted by Crippen LogP contribution is -2.11. The van der Waals surface area contributed by atoms with Crippen LogP contribution in [-0.2, 0) is 11.2 Å². The molecule has 0 fully saturated rings. The van der Waals surface area contributed by atoms with Crippen LogP contribution >= 0.6 is 0 Å². The molecule has 5 nitrogen and oxygen atoms in total. The largest absolute Gasteiger partial charge is 0.370 e. The highest BCUT2D eigenvalue weighted by Crippen LogP contribution is 2.20. The minimum Gasteiger partial charge on any atom is -0.370 e. The molecule has 3 N–H and O–H groups in total. The first-order valence-electron chi connectivity index (χ1n) is 7.18. The van der Waals surface area contributed by atoms with Gasteiger partial charge < -0.3 is 11.1 Å². The topological polar surface area (TPSA) is 80.9 Å². The van der Waals surface area contributed by atoms with E-state index in [1.807, 2.05) is 18.2 Å². The van der Waals surface area contributed by atoms with Gasteiger partial charge in [-0.05, 0) is 36.2 Å². The molecule has 0 spiro atoms. The molecule has 2 aromatic carbocycles. The number of nitrogens with zero attached hydrogens (tertiary/aromatic N) is 2. The Morgan fingerprint density at radius 3 is 2.35 bits per heavy atom. The average Bonchev–Trinajstić information content (AvgIpc) is 2.55. The lowest BCUT2D eigenvalue weighted by atomic mass is 10.1. The molecule has 6 heteroatoms. The third kappa shape index (κ3) is 3.60. The first-order valence-corrected chi connectivity index (χ1v) is 7.18. The molecular weight excluding hydrogens is 295 g/mol. The van der Waals surface area contributed by atoms with E-state index in [1.54, 1.807) is 30.3 Å². The zero-order valence-electron chi connectivity index (χ0n) is 12.3. The molecule has 0 saturated heterocycles. The van der Waals surface area contributed by atoms with Crippen molar-refractivity contribution in [2.24, 2.45) is 5.73 Å². The predicted octanol–water partition coefficient (Wildman–Crippen LogP) is 2.93. The predicted molar refractivity (Wildman–Crippen MR) is 86.7 cm³/mol. The van der Waals surface area contributed by atoms with Crippen molar-refractivity contribution in [1.82, 2.24) is 9.97 Å². The number of benzene rings is 2. The Balaban J connectivity index is 1.79. The number of nitrogens with one attached hydrogen (secondary N) is 1. The van der Waals surface area contributed by atoms with Crippen LogP contribution in [0.5, 0.6) is 0 Å². The van der Waals surface area contributed by atoms with E-state index in [4.69, 9.17) is 5.73 Å². The number of fused-ring (bicyclic) bond motifs is 1. The summed E-state index contributed by atoms with van der Waals surface area (Å²) in [5.41, 5.74) is 7.93. The molecule has 0 atom stereocenters. The van der Waals surface area contributed by atoms with Gasteiger partial charge in [0.25, 0.3) is 5.95 Å². The molecule has 116 valence electrons. The summed E-state index contributed by atoms with van der Waals surface area (Å²) in [5.74, 6) is -0.907. The minimum atomic E-state index is -0.651. The van der Waals surface area contributed by atoms with E-state index < -0.39 is 5.95 Å². The van der Waals surface area contributed by atoms with Crippen LogP contribution in [0.25, 0.3) is 11.0 Å². The number of aromatic nitrogens is 2. The van der Waals surface area contributed by atoms with E-state index in [9.17, 15) is 9.18 Å². The number of aryl methyl sites for hydroxylation is 1. The van der Waals surface area contributed by atoms with Crippen molar-refractivity contribution in [3.8, 4) is 0 Å². The maximum atomic E-state index is 14.0. The van der Waals surface area contributed by atoms with Crippen molar-refractivity contribution in [3.63, 3.8) is 0 Å². The third-order valence-corrected chi connectivity index (χ3v) is 3.40. The van der Waals surface area contributed by atoms with Gasteiger partial charge in [0.2, 0.25) is 5.91 Å². The van der Waals surface area contributed by atoms with Crippen LogP contribution in [0.2, 0.25) is 0 Å². The first-order chi connectivity index (χ1) is 11.1. The number of hydrogen-bond donors (Lipinski definition) is 2. The second-order valence-electron chi connectivity index (χ2n) is 5.14. The number of anilines is 2. The second kappa shape index (κ2) is 6.39. The van der Waals surface area contributed by atoms with Crippen LogP contribution in [-0.4, -0.2) is 15.9 Å². The van der Waals surface area contributed by atoms with Gasteiger partial charge in [-0.15, -0.1) is 0 Å². The zero-order valence-corrected chi connectivity index (χ0v) is 12.3. The molecule has 0 radical (unpaired) electrons. The second-order valence-corrected chi connectivity index (χ2v) is 5.14. The summed E-state index contributed by atoms with van der Waals surface area (Å²) in [4.78, 5) is 18.9. The van der Waals surface area contributed by atoms with Crippen molar-refractivity contribution in [2.75, 3.05) is 5.32 Å². The Bertz CT molecular complexity index is 849. The van der Waals surface area contributed by atoms with Gasteiger partial charge in [0.15, 0.2) is 5.82 Å². The molecule has 3 aromatic rings. The summed E-state index contributed by atoms with van der Waals surface area (Å²) in [6.45, 7) is 0. The van der Waals surface area contributed by atoms with Crippen LogP contribution in [0, 0.1) is 5.95 Å². The van der Waals surface area contributed by atoms with Crippen LogP contribution in [0.4, 0.5) is 15.9 Å². The summed E-state index contributed by atoms with van der Waals surface area (Å²) >= 11 is 0. The SMILES string of the molecule is NC(=O)CCc1ccc(Nc2nc3ccccc3nc2F)cc1. The van der Waals surface area contributed by atoms with Gasteiger partial charge in [-0.25, -0.2) is 9.97 Å².